The monoisotopic (exact) mass is 294 g/mol. The predicted octanol–water partition coefficient (Wildman–Crippen LogP) is 3.80. The molecule has 1 heterocycles. The van der Waals surface area contributed by atoms with E-state index in [-0.39, 0.29) is 17.2 Å². The number of pyridine rings is 1. The second-order valence-electron chi connectivity index (χ2n) is 3.66. The summed E-state index contributed by atoms with van der Waals surface area (Å²) < 4.78 is 14.1. The molecule has 5 heteroatoms. The Kier molecular flexibility index (Phi) is 4.34. The standard InChI is InChI=1S/C10H13BrClFN2/c1-3-10(2,6-12)15-9-8(13)4-7(11)5-14-9/h4-5H,3,6H2,1-2H3,(H,14,15). The SMILES string of the molecule is CCC(C)(CCl)Nc1ncc(Br)cc1F. The molecule has 0 saturated heterocycles. The van der Waals surface area contributed by atoms with Crippen molar-refractivity contribution in [3.63, 3.8) is 0 Å². The van der Waals surface area contributed by atoms with Gasteiger partial charge in [-0.25, -0.2) is 9.37 Å². The topological polar surface area (TPSA) is 24.9 Å². The first kappa shape index (κ1) is 12.7. The largest absolute Gasteiger partial charge is 0.361 e. The van der Waals surface area contributed by atoms with Crippen molar-refractivity contribution in [3.8, 4) is 0 Å². The van der Waals surface area contributed by atoms with E-state index in [9.17, 15) is 4.39 Å². The van der Waals surface area contributed by atoms with Gasteiger partial charge >= 0.3 is 0 Å². The molecule has 1 unspecified atom stereocenters. The first-order valence-corrected chi connectivity index (χ1v) is 5.98. The lowest BCUT2D eigenvalue weighted by atomic mass is 10.0. The van der Waals surface area contributed by atoms with Gasteiger partial charge in [0.1, 0.15) is 0 Å². The number of hydrogen-bond donors (Lipinski definition) is 1. The maximum absolute atomic E-state index is 13.5. The van der Waals surface area contributed by atoms with E-state index in [1.165, 1.54) is 6.07 Å². The van der Waals surface area contributed by atoms with Gasteiger partial charge in [-0.1, -0.05) is 6.92 Å². The zero-order valence-corrected chi connectivity index (χ0v) is 11.0. The molecule has 1 atom stereocenters. The van der Waals surface area contributed by atoms with E-state index in [1.54, 1.807) is 6.20 Å². The molecule has 15 heavy (non-hydrogen) atoms. The smallest absolute Gasteiger partial charge is 0.166 e. The number of anilines is 1. The molecule has 0 amide bonds. The lowest BCUT2D eigenvalue weighted by Gasteiger charge is -2.27. The summed E-state index contributed by atoms with van der Waals surface area (Å²) in [7, 11) is 0. The van der Waals surface area contributed by atoms with E-state index in [4.69, 9.17) is 11.6 Å². The molecule has 0 radical (unpaired) electrons. The molecule has 1 aromatic heterocycles. The Morgan fingerprint density at radius 3 is 2.80 bits per heavy atom. The van der Waals surface area contributed by atoms with Crippen molar-refractivity contribution in [3.05, 3.63) is 22.6 Å². The van der Waals surface area contributed by atoms with Crippen molar-refractivity contribution in [2.75, 3.05) is 11.2 Å². The van der Waals surface area contributed by atoms with E-state index >= 15 is 0 Å². The minimum Gasteiger partial charge on any atom is -0.361 e. The maximum Gasteiger partial charge on any atom is 0.166 e. The Bertz CT molecular complexity index is 342. The summed E-state index contributed by atoms with van der Waals surface area (Å²) in [6.45, 7) is 3.93. The first-order valence-electron chi connectivity index (χ1n) is 4.66. The van der Waals surface area contributed by atoms with Crippen molar-refractivity contribution in [1.29, 1.82) is 0 Å². The Morgan fingerprint density at radius 2 is 2.33 bits per heavy atom. The number of halogens is 3. The van der Waals surface area contributed by atoms with E-state index in [0.717, 1.165) is 6.42 Å². The summed E-state index contributed by atoms with van der Waals surface area (Å²) >= 11 is 8.97. The van der Waals surface area contributed by atoms with Crippen LogP contribution in [0.2, 0.25) is 0 Å². The summed E-state index contributed by atoms with van der Waals surface area (Å²) in [5, 5.41) is 3.01. The summed E-state index contributed by atoms with van der Waals surface area (Å²) in [4.78, 5) is 3.97. The first-order chi connectivity index (χ1) is 7.00. The lowest BCUT2D eigenvalue weighted by molar-refractivity contribution is 0.538. The van der Waals surface area contributed by atoms with Gasteiger partial charge in [0, 0.05) is 22.1 Å². The van der Waals surface area contributed by atoms with Gasteiger partial charge in [0.05, 0.1) is 0 Å². The molecule has 84 valence electrons. The maximum atomic E-state index is 13.5. The highest BCUT2D eigenvalue weighted by Crippen LogP contribution is 2.22. The average molecular weight is 296 g/mol. The average Bonchev–Trinajstić information content (AvgIpc) is 2.22. The van der Waals surface area contributed by atoms with Crippen molar-refractivity contribution < 1.29 is 4.39 Å². The molecule has 0 bridgehead atoms. The quantitative estimate of drug-likeness (QED) is 0.855. The molecule has 0 aliphatic carbocycles. The Morgan fingerprint density at radius 1 is 1.67 bits per heavy atom. The minimum atomic E-state index is -0.380. The zero-order chi connectivity index (χ0) is 11.5. The second kappa shape index (κ2) is 5.12. The van der Waals surface area contributed by atoms with Crippen LogP contribution in [0.15, 0.2) is 16.7 Å². The van der Waals surface area contributed by atoms with Crippen LogP contribution in [0.25, 0.3) is 0 Å². The third kappa shape index (κ3) is 3.31. The molecular weight excluding hydrogens is 282 g/mol. The molecule has 0 spiro atoms. The number of alkyl halides is 1. The van der Waals surface area contributed by atoms with Gasteiger partial charge in [0.15, 0.2) is 11.6 Å². The molecule has 0 aliphatic rings. The molecule has 0 saturated carbocycles. The summed E-state index contributed by atoms with van der Waals surface area (Å²) in [5.41, 5.74) is -0.330. The number of aromatic nitrogens is 1. The van der Waals surface area contributed by atoms with E-state index in [2.05, 4.69) is 26.2 Å². The number of rotatable bonds is 4. The van der Waals surface area contributed by atoms with Crippen LogP contribution in [0.5, 0.6) is 0 Å². The third-order valence-electron chi connectivity index (χ3n) is 2.30. The van der Waals surface area contributed by atoms with Crippen LogP contribution in [-0.4, -0.2) is 16.4 Å². The molecule has 0 aliphatic heterocycles. The number of nitrogens with one attached hydrogen (secondary N) is 1. The van der Waals surface area contributed by atoms with E-state index < -0.39 is 0 Å². The molecule has 1 aromatic rings. The number of nitrogens with zero attached hydrogens (tertiary/aromatic N) is 1. The van der Waals surface area contributed by atoms with Crippen molar-refractivity contribution >= 4 is 33.3 Å². The highest BCUT2D eigenvalue weighted by Gasteiger charge is 2.22. The fourth-order valence-corrected chi connectivity index (χ4v) is 1.57. The second-order valence-corrected chi connectivity index (χ2v) is 4.84. The summed E-state index contributed by atoms with van der Waals surface area (Å²) in [6.07, 6.45) is 2.35. The van der Waals surface area contributed by atoms with Gasteiger partial charge in [0.2, 0.25) is 0 Å². The highest BCUT2D eigenvalue weighted by molar-refractivity contribution is 9.10. The van der Waals surface area contributed by atoms with Gasteiger partial charge < -0.3 is 5.32 Å². The molecule has 0 aromatic carbocycles. The molecule has 0 fully saturated rings. The van der Waals surface area contributed by atoms with Gasteiger partial charge in [-0.2, -0.15) is 0 Å². The van der Waals surface area contributed by atoms with E-state index in [0.29, 0.717) is 10.4 Å². The fraction of sp³-hybridized carbons (Fsp3) is 0.500. The van der Waals surface area contributed by atoms with Crippen LogP contribution in [0.4, 0.5) is 10.2 Å². The van der Waals surface area contributed by atoms with Crippen LogP contribution < -0.4 is 5.32 Å². The predicted molar refractivity (Wildman–Crippen MR) is 64.9 cm³/mol. The van der Waals surface area contributed by atoms with Gasteiger partial charge in [-0.3, -0.25) is 0 Å². The Labute approximate surface area is 102 Å². The van der Waals surface area contributed by atoms with Gasteiger partial charge in [-0.15, -0.1) is 11.6 Å². The van der Waals surface area contributed by atoms with Crippen molar-refractivity contribution in [1.82, 2.24) is 4.98 Å². The fourth-order valence-electron chi connectivity index (χ4n) is 1.01. The van der Waals surface area contributed by atoms with Crippen molar-refractivity contribution in [2.45, 2.75) is 25.8 Å². The van der Waals surface area contributed by atoms with Crippen molar-refractivity contribution in [2.24, 2.45) is 0 Å². The Hall–Kier alpha value is -0.350. The molecule has 1 N–H and O–H groups in total. The summed E-state index contributed by atoms with van der Waals surface area (Å²) in [6, 6.07) is 1.37. The minimum absolute atomic E-state index is 0.239. The van der Waals surface area contributed by atoms with E-state index in [1.807, 2.05) is 13.8 Å². The number of hydrogen-bond acceptors (Lipinski definition) is 2. The van der Waals surface area contributed by atoms with Crippen LogP contribution in [0, 0.1) is 5.82 Å². The van der Waals surface area contributed by atoms with Crippen LogP contribution >= 0.6 is 27.5 Å². The van der Waals surface area contributed by atoms with Crippen LogP contribution in [0.3, 0.4) is 0 Å². The third-order valence-corrected chi connectivity index (χ3v) is 3.33. The van der Waals surface area contributed by atoms with Crippen LogP contribution in [-0.2, 0) is 0 Å². The molecule has 2 nitrogen and oxygen atoms in total. The van der Waals surface area contributed by atoms with Gasteiger partial charge in [0.25, 0.3) is 0 Å². The zero-order valence-electron chi connectivity index (χ0n) is 8.65. The normalized spacial score (nSPS) is 14.7. The molecular formula is C10H13BrClFN2. The Balaban J connectivity index is 2.89. The summed E-state index contributed by atoms with van der Waals surface area (Å²) in [5.74, 6) is 0.262. The molecule has 1 rings (SSSR count). The highest BCUT2D eigenvalue weighted by atomic mass is 79.9. The lowest BCUT2D eigenvalue weighted by Crippen LogP contribution is -2.36. The van der Waals surface area contributed by atoms with Crippen LogP contribution in [0.1, 0.15) is 20.3 Å². The van der Waals surface area contributed by atoms with Gasteiger partial charge in [-0.05, 0) is 35.3 Å².